The molecule has 0 radical (unpaired) electrons. The Bertz CT molecular complexity index is 518. The van der Waals surface area contributed by atoms with Crippen LogP contribution in [0.25, 0.3) is 0 Å². The number of likely N-dealkylation sites (tertiary alicyclic amines) is 1. The maximum absolute atomic E-state index is 11.4. The molecular weight excluding hydrogens is 256 g/mol. The Morgan fingerprint density at radius 3 is 2.75 bits per heavy atom. The van der Waals surface area contributed by atoms with Crippen molar-refractivity contribution in [1.82, 2.24) is 4.90 Å². The van der Waals surface area contributed by atoms with E-state index in [0.29, 0.717) is 19.8 Å². The predicted octanol–water partition coefficient (Wildman–Crippen LogP) is 1.12. The van der Waals surface area contributed by atoms with Gasteiger partial charge in [0.05, 0.1) is 0 Å². The fraction of sp³-hybridized carbons (Fsp3) is 0.533. The number of rotatable bonds is 1. The number of hydrogen-bond donors (Lipinski definition) is 1. The molecular formula is C15H20N2O3. The summed E-state index contributed by atoms with van der Waals surface area (Å²) in [4.78, 5) is 13.2. The van der Waals surface area contributed by atoms with Crippen LogP contribution in [0.2, 0.25) is 0 Å². The summed E-state index contributed by atoms with van der Waals surface area (Å²) >= 11 is 0. The number of fused-ring (bicyclic) bond motifs is 1. The largest absolute Gasteiger partial charge is 0.486 e. The minimum absolute atomic E-state index is 0.0322. The molecule has 2 aliphatic heterocycles. The molecule has 0 spiro atoms. The number of ether oxygens (including phenoxy) is 2. The normalized spacial score (nSPS) is 25.4. The number of amides is 1. The summed E-state index contributed by atoms with van der Waals surface area (Å²) in [5.41, 5.74) is 7.42. The third kappa shape index (κ3) is 2.45. The molecule has 2 aliphatic rings. The van der Waals surface area contributed by atoms with Crippen molar-refractivity contribution in [1.29, 1.82) is 0 Å². The van der Waals surface area contributed by atoms with Crippen molar-refractivity contribution < 1.29 is 14.3 Å². The van der Waals surface area contributed by atoms with Crippen LogP contribution in [-0.4, -0.2) is 43.2 Å². The number of benzene rings is 1. The van der Waals surface area contributed by atoms with E-state index in [-0.39, 0.29) is 17.9 Å². The van der Waals surface area contributed by atoms with Gasteiger partial charge in [0.15, 0.2) is 11.5 Å². The predicted molar refractivity (Wildman–Crippen MR) is 75.0 cm³/mol. The second-order valence-electron chi connectivity index (χ2n) is 5.43. The van der Waals surface area contributed by atoms with E-state index >= 15 is 0 Å². The number of nitrogens with two attached hydrogens (primary N) is 1. The van der Waals surface area contributed by atoms with Gasteiger partial charge in [-0.05, 0) is 24.1 Å². The van der Waals surface area contributed by atoms with E-state index in [4.69, 9.17) is 15.2 Å². The molecule has 1 aromatic rings. The van der Waals surface area contributed by atoms with E-state index < -0.39 is 0 Å². The van der Waals surface area contributed by atoms with Gasteiger partial charge in [-0.25, -0.2) is 0 Å². The standard InChI is InChI=1S/C15H20N2O3/c1-10(18)17-5-4-12(13(16)9-17)11-2-3-14-15(8-11)20-7-6-19-14/h2-3,8,12-13H,4-7,9,16H2,1H3. The SMILES string of the molecule is CC(=O)N1CCC(c2ccc3c(c2)OCCO3)C(N)C1. The van der Waals surface area contributed by atoms with Crippen molar-refractivity contribution in [3.05, 3.63) is 23.8 Å². The van der Waals surface area contributed by atoms with Crippen molar-refractivity contribution in [2.45, 2.75) is 25.3 Å². The van der Waals surface area contributed by atoms with Gasteiger partial charge >= 0.3 is 0 Å². The summed E-state index contributed by atoms with van der Waals surface area (Å²) in [6.45, 7) is 4.17. The van der Waals surface area contributed by atoms with E-state index in [2.05, 4.69) is 6.07 Å². The molecule has 5 nitrogen and oxygen atoms in total. The molecule has 1 aromatic carbocycles. The van der Waals surface area contributed by atoms with Crippen LogP contribution in [0.3, 0.4) is 0 Å². The first-order valence-electron chi connectivity index (χ1n) is 7.06. The van der Waals surface area contributed by atoms with Gasteiger partial charge in [0.2, 0.25) is 5.91 Å². The minimum Gasteiger partial charge on any atom is -0.486 e. The van der Waals surface area contributed by atoms with Gasteiger partial charge in [-0.15, -0.1) is 0 Å². The van der Waals surface area contributed by atoms with Crippen LogP contribution in [0.1, 0.15) is 24.8 Å². The lowest BCUT2D eigenvalue weighted by Crippen LogP contribution is -2.48. The molecule has 2 N–H and O–H groups in total. The Morgan fingerprint density at radius 2 is 2.05 bits per heavy atom. The number of carbonyl (C=O) groups is 1. The van der Waals surface area contributed by atoms with Crippen molar-refractivity contribution in [2.75, 3.05) is 26.3 Å². The lowest BCUT2D eigenvalue weighted by atomic mass is 9.85. The van der Waals surface area contributed by atoms with Crippen molar-refractivity contribution in [3.8, 4) is 11.5 Å². The van der Waals surface area contributed by atoms with Crippen LogP contribution in [-0.2, 0) is 4.79 Å². The number of carbonyl (C=O) groups excluding carboxylic acids is 1. The van der Waals surface area contributed by atoms with Gasteiger partial charge in [0, 0.05) is 32.0 Å². The van der Waals surface area contributed by atoms with Gasteiger partial charge in [0.1, 0.15) is 13.2 Å². The average molecular weight is 276 g/mol. The van der Waals surface area contributed by atoms with E-state index in [9.17, 15) is 4.79 Å². The number of nitrogens with zero attached hydrogens (tertiary/aromatic N) is 1. The van der Waals surface area contributed by atoms with Crippen molar-refractivity contribution >= 4 is 5.91 Å². The molecule has 0 aromatic heterocycles. The zero-order valence-electron chi connectivity index (χ0n) is 11.7. The summed E-state index contributed by atoms with van der Waals surface area (Å²) in [5, 5.41) is 0. The summed E-state index contributed by atoms with van der Waals surface area (Å²) in [5.74, 6) is 1.96. The van der Waals surface area contributed by atoms with Gasteiger partial charge in [-0.2, -0.15) is 0 Å². The van der Waals surface area contributed by atoms with E-state index in [1.165, 1.54) is 5.56 Å². The van der Waals surface area contributed by atoms with Crippen LogP contribution >= 0.6 is 0 Å². The highest BCUT2D eigenvalue weighted by Gasteiger charge is 2.29. The van der Waals surface area contributed by atoms with Crippen molar-refractivity contribution in [3.63, 3.8) is 0 Å². The molecule has 1 saturated heterocycles. The molecule has 0 bridgehead atoms. The zero-order valence-corrected chi connectivity index (χ0v) is 11.7. The summed E-state index contributed by atoms with van der Waals surface area (Å²) in [6.07, 6.45) is 0.889. The first kappa shape index (κ1) is 13.2. The topological polar surface area (TPSA) is 64.8 Å². The number of hydrogen-bond acceptors (Lipinski definition) is 4. The Hall–Kier alpha value is -1.75. The molecule has 1 fully saturated rings. The highest BCUT2D eigenvalue weighted by atomic mass is 16.6. The number of piperidine rings is 1. The van der Waals surface area contributed by atoms with E-state index in [0.717, 1.165) is 24.5 Å². The molecule has 108 valence electrons. The molecule has 1 amide bonds. The molecule has 0 aliphatic carbocycles. The third-order valence-corrected chi connectivity index (χ3v) is 4.10. The summed E-state index contributed by atoms with van der Waals surface area (Å²) < 4.78 is 11.2. The van der Waals surface area contributed by atoms with Crippen LogP contribution in [0.5, 0.6) is 11.5 Å². The molecule has 20 heavy (non-hydrogen) atoms. The molecule has 2 unspecified atom stereocenters. The van der Waals surface area contributed by atoms with Gasteiger partial charge < -0.3 is 20.1 Å². The maximum Gasteiger partial charge on any atom is 0.219 e. The van der Waals surface area contributed by atoms with E-state index in [1.54, 1.807) is 6.92 Å². The quantitative estimate of drug-likeness (QED) is 0.835. The second-order valence-corrected chi connectivity index (χ2v) is 5.43. The molecule has 3 rings (SSSR count). The fourth-order valence-corrected chi connectivity index (χ4v) is 2.97. The molecule has 2 heterocycles. The lowest BCUT2D eigenvalue weighted by Gasteiger charge is -2.36. The Labute approximate surface area is 118 Å². The zero-order chi connectivity index (χ0) is 14.1. The van der Waals surface area contributed by atoms with Crippen LogP contribution in [0, 0.1) is 0 Å². The highest BCUT2D eigenvalue weighted by Crippen LogP contribution is 2.36. The van der Waals surface area contributed by atoms with Crippen LogP contribution in [0.4, 0.5) is 0 Å². The third-order valence-electron chi connectivity index (χ3n) is 4.10. The lowest BCUT2D eigenvalue weighted by molar-refractivity contribution is -0.130. The smallest absolute Gasteiger partial charge is 0.219 e. The average Bonchev–Trinajstić information content (AvgIpc) is 2.46. The maximum atomic E-state index is 11.4. The Kier molecular flexibility index (Phi) is 3.53. The summed E-state index contributed by atoms with van der Waals surface area (Å²) in [6, 6.07) is 6.01. The first-order valence-corrected chi connectivity index (χ1v) is 7.06. The van der Waals surface area contributed by atoms with E-state index in [1.807, 2.05) is 17.0 Å². The molecule has 2 atom stereocenters. The van der Waals surface area contributed by atoms with Crippen LogP contribution < -0.4 is 15.2 Å². The Morgan fingerprint density at radius 1 is 1.30 bits per heavy atom. The molecule has 0 saturated carbocycles. The first-order chi connectivity index (χ1) is 9.65. The Balaban J connectivity index is 1.78. The minimum atomic E-state index is -0.0322. The van der Waals surface area contributed by atoms with Crippen LogP contribution in [0.15, 0.2) is 18.2 Å². The van der Waals surface area contributed by atoms with Gasteiger partial charge in [-0.1, -0.05) is 6.07 Å². The monoisotopic (exact) mass is 276 g/mol. The second kappa shape index (κ2) is 5.32. The highest BCUT2D eigenvalue weighted by molar-refractivity contribution is 5.73. The summed E-state index contributed by atoms with van der Waals surface area (Å²) in [7, 11) is 0. The fourth-order valence-electron chi connectivity index (χ4n) is 2.97. The van der Waals surface area contributed by atoms with Gasteiger partial charge in [-0.3, -0.25) is 4.79 Å². The molecule has 5 heteroatoms. The van der Waals surface area contributed by atoms with Crippen molar-refractivity contribution in [2.24, 2.45) is 5.73 Å². The van der Waals surface area contributed by atoms with Gasteiger partial charge in [0.25, 0.3) is 0 Å².